The van der Waals surface area contributed by atoms with Crippen LogP contribution < -0.4 is 5.32 Å². The Balaban J connectivity index is 1.63. The van der Waals surface area contributed by atoms with Crippen LogP contribution in [0.1, 0.15) is 11.3 Å². The minimum atomic E-state index is 0.468. The Labute approximate surface area is 115 Å². The van der Waals surface area contributed by atoms with E-state index in [1.165, 1.54) is 0 Å². The van der Waals surface area contributed by atoms with Crippen molar-refractivity contribution in [3.8, 4) is 0 Å². The van der Waals surface area contributed by atoms with E-state index in [9.17, 15) is 0 Å². The first-order valence-electron chi connectivity index (χ1n) is 6.18. The second-order valence-electron chi connectivity index (χ2n) is 4.35. The zero-order valence-corrected chi connectivity index (χ0v) is 11.1. The summed E-state index contributed by atoms with van der Waals surface area (Å²) in [6.07, 6.45) is 4.44. The summed E-state index contributed by atoms with van der Waals surface area (Å²) in [6.45, 7) is 1.56. The molecule has 0 bridgehead atoms. The average molecular weight is 276 g/mol. The number of fused-ring (bicyclic) bond motifs is 1. The number of aromatic nitrogens is 2. The number of furan rings is 1. The lowest BCUT2D eigenvalue weighted by Gasteiger charge is -2.02. The molecule has 2 aromatic heterocycles. The highest BCUT2D eigenvalue weighted by atomic mass is 35.5. The molecule has 0 saturated carbocycles. The van der Waals surface area contributed by atoms with Crippen LogP contribution in [0, 0.1) is 0 Å². The number of H-pyrrole nitrogens is 1. The fraction of sp³-hybridized carbons (Fsp3) is 0.214. The third kappa shape index (κ3) is 2.64. The van der Waals surface area contributed by atoms with Gasteiger partial charge in [0.15, 0.2) is 5.22 Å². The summed E-state index contributed by atoms with van der Waals surface area (Å²) >= 11 is 6.12. The number of rotatable bonds is 5. The van der Waals surface area contributed by atoms with Crippen molar-refractivity contribution in [1.29, 1.82) is 0 Å². The second kappa shape index (κ2) is 5.47. The zero-order valence-electron chi connectivity index (χ0n) is 10.3. The number of hydrogen-bond acceptors (Lipinski definition) is 3. The summed E-state index contributed by atoms with van der Waals surface area (Å²) in [5.74, 6) is 0. The largest absolute Gasteiger partial charge is 0.444 e. The normalized spacial score (nSPS) is 11.2. The van der Waals surface area contributed by atoms with Gasteiger partial charge in [-0.2, -0.15) is 0 Å². The van der Waals surface area contributed by atoms with E-state index in [2.05, 4.69) is 15.3 Å². The third-order valence-electron chi connectivity index (χ3n) is 3.08. The molecule has 0 aliphatic carbocycles. The summed E-state index contributed by atoms with van der Waals surface area (Å²) in [5.41, 5.74) is 2.97. The first kappa shape index (κ1) is 12.3. The van der Waals surface area contributed by atoms with Gasteiger partial charge < -0.3 is 14.7 Å². The van der Waals surface area contributed by atoms with Crippen LogP contribution >= 0.6 is 11.6 Å². The van der Waals surface area contributed by atoms with E-state index >= 15 is 0 Å². The minimum Gasteiger partial charge on any atom is -0.444 e. The number of nitrogens with one attached hydrogen (secondary N) is 2. The average Bonchev–Trinajstić information content (AvgIpc) is 3.02. The maximum absolute atomic E-state index is 6.12. The Kier molecular flexibility index (Phi) is 3.53. The molecule has 0 amide bonds. The number of halogens is 1. The van der Waals surface area contributed by atoms with E-state index in [1.54, 1.807) is 6.33 Å². The van der Waals surface area contributed by atoms with Crippen LogP contribution in [0.4, 0.5) is 0 Å². The molecule has 0 aliphatic rings. The number of hydrogen-bond donors (Lipinski definition) is 2. The van der Waals surface area contributed by atoms with Crippen LogP contribution in [0.25, 0.3) is 11.0 Å². The van der Waals surface area contributed by atoms with Gasteiger partial charge in [-0.25, -0.2) is 4.98 Å². The maximum Gasteiger partial charge on any atom is 0.199 e. The fourth-order valence-electron chi connectivity index (χ4n) is 2.09. The van der Waals surface area contributed by atoms with Gasteiger partial charge in [0.05, 0.1) is 6.33 Å². The van der Waals surface area contributed by atoms with Crippen molar-refractivity contribution in [2.75, 3.05) is 6.54 Å². The van der Waals surface area contributed by atoms with E-state index in [0.29, 0.717) is 11.8 Å². The molecule has 2 heterocycles. The molecule has 0 unspecified atom stereocenters. The highest BCUT2D eigenvalue weighted by Gasteiger charge is 2.11. The molecule has 98 valence electrons. The van der Waals surface area contributed by atoms with Crippen LogP contribution in [0.2, 0.25) is 5.22 Å². The number of imidazole rings is 1. The van der Waals surface area contributed by atoms with Gasteiger partial charge in [0.1, 0.15) is 5.58 Å². The van der Waals surface area contributed by atoms with Gasteiger partial charge in [-0.15, -0.1) is 0 Å². The Hall–Kier alpha value is -1.78. The van der Waals surface area contributed by atoms with Gasteiger partial charge in [0.2, 0.25) is 0 Å². The molecular weight excluding hydrogens is 262 g/mol. The quantitative estimate of drug-likeness (QED) is 0.704. The summed E-state index contributed by atoms with van der Waals surface area (Å²) in [6, 6.07) is 7.88. The molecule has 0 saturated heterocycles. The minimum absolute atomic E-state index is 0.468. The van der Waals surface area contributed by atoms with Gasteiger partial charge in [-0.3, -0.25) is 0 Å². The van der Waals surface area contributed by atoms with Gasteiger partial charge in [0.25, 0.3) is 0 Å². The third-order valence-corrected chi connectivity index (χ3v) is 3.38. The van der Waals surface area contributed by atoms with E-state index in [0.717, 1.165) is 35.2 Å². The Bertz CT molecular complexity index is 660. The van der Waals surface area contributed by atoms with Crippen LogP contribution in [-0.2, 0) is 13.0 Å². The van der Waals surface area contributed by atoms with Crippen molar-refractivity contribution < 1.29 is 4.42 Å². The number of aromatic amines is 1. The Morgan fingerprint density at radius 3 is 3.05 bits per heavy atom. The summed E-state index contributed by atoms with van der Waals surface area (Å²) in [5, 5.41) is 4.91. The zero-order chi connectivity index (χ0) is 13.1. The first-order valence-corrected chi connectivity index (χ1v) is 6.56. The summed E-state index contributed by atoms with van der Waals surface area (Å²) in [4.78, 5) is 7.06. The molecule has 0 aliphatic heterocycles. The molecule has 0 atom stereocenters. The predicted molar refractivity (Wildman–Crippen MR) is 75.2 cm³/mol. The van der Waals surface area contributed by atoms with Gasteiger partial charge in [-0.1, -0.05) is 18.2 Å². The van der Waals surface area contributed by atoms with Crippen molar-refractivity contribution in [2.45, 2.75) is 13.0 Å². The summed E-state index contributed by atoms with van der Waals surface area (Å²) in [7, 11) is 0. The van der Waals surface area contributed by atoms with Crippen molar-refractivity contribution >= 4 is 22.6 Å². The monoisotopic (exact) mass is 275 g/mol. The highest BCUT2D eigenvalue weighted by Crippen LogP contribution is 2.29. The molecular formula is C14H14ClN3O. The van der Waals surface area contributed by atoms with Gasteiger partial charge >= 0.3 is 0 Å². The smallest absolute Gasteiger partial charge is 0.199 e. The lowest BCUT2D eigenvalue weighted by atomic mass is 10.2. The Morgan fingerprint density at radius 1 is 1.32 bits per heavy atom. The Morgan fingerprint density at radius 2 is 2.21 bits per heavy atom. The van der Waals surface area contributed by atoms with Crippen molar-refractivity contribution in [3.05, 3.63) is 53.3 Å². The van der Waals surface area contributed by atoms with Crippen molar-refractivity contribution in [2.24, 2.45) is 0 Å². The molecule has 1 aromatic carbocycles. The van der Waals surface area contributed by atoms with Crippen LogP contribution in [0.15, 0.2) is 41.2 Å². The molecule has 3 rings (SSSR count). The number of nitrogens with zero attached hydrogens (tertiary/aromatic N) is 1. The maximum atomic E-state index is 6.12. The van der Waals surface area contributed by atoms with Gasteiger partial charge in [0, 0.05) is 42.4 Å². The molecule has 0 fully saturated rings. The number of para-hydroxylation sites is 1. The first-order chi connectivity index (χ1) is 9.34. The predicted octanol–water partition coefficient (Wildman–Crippen LogP) is 3.14. The molecule has 3 aromatic rings. The molecule has 4 nitrogen and oxygen atoms in total. The fourth-order valence-corrected chi connectivity index (χ4v) is 2.34. The highest BCUT2D eigenvalue weighted by molar-refractivity contribution is 6.30. The lowest BCUT2D eigenvalue weighted by Crippen LogP contribution is -2.16. The molecule has 0 spiro atoms. The standard InChI is InChI=1S/C14H14ClN3O/c15-14-12(11-3-1-2-4-13(11)19-14)8-16-6-5-10-7-17-9-18-10/h1-4,7,9,16H,5-6,8H2,(H,17,18). The van der Waals surface area contributed by atoms with E-state index in [4.69, 9.17) is 16.0 Å². The summed E-state index contributed by atoms with van der Waals surface area (Å²) < 4.78 is 5.51. The SMILES string of the molecule is Clc1oc2ccccc2c1CNCCc1cnc[nH]1. The molecule has 0 radical (unpaired) electrons. The number of benzene rings is 1. The van der Waals surface area contributed by atoms with E-state index in [-0.39, 0.29) is 0 Å². The van der Waals surface area contributed by atoms with Crippen LogP contribution in [0.5, 0.6) is 0 Å². The second-order valence-corrected chi connectivity index (χ2v) is 4.70. The molecule has 5 heteroatoms. The van der Waals surface area contributed by atoms with Gasteiger partial charge in [-0.05, 0) is 17.7 Å². The molecule has 19 heavy (non-hydrogen) atoms. The lowest BCUT2D eigenvalue weighted by molar-refractivity contribution is 0.604. The van der Waals surface area contributed by atoms with Crippen LogP contribution in [0.3, 0.4) is 0 Å². The van der Waals surface area contributed by atoms with Crippen LogP contribution in [-0.4, -0.2) is 16.5 Å². The van der Waals surface area contributed by atoms with E-state index < -0.39 is 0 Å². The van der Waals surface area contributed by atoms with Crippen molar-refractivity contribution in [1.82, 2.24) is 15.3 Å². The molecule has 2 N–H and O–H groups in total. The van der Waals surface area contributed by atoms with E-state index in [1.807, 2.05) is 30.5 Å². The van der Waals surface area contributed by atoms with Crippen molar-refractivity contribution in [3.63, 3.8) is 0 Å². The topological polar surface area (TPSA) is 53.9 Å².